The lowest BCUT2D eigenvalue weighted by Gasteiger charge is -2.16. The molecule has 0 saturated heterocycles. The third kappa shape index (κ3) is 4.92. The van der Waals surface area contributed by atoms with Gasteiger partial charge in [-0.1, -0.05) is 0 Å². The van der Waals surface area contributed by atoms with Gasteiger partial charge < -0.3 is 15.2 Å². The van der Waals surface area contributed by atoms with E-state index in [9.17, 15) is 9.50 Å². The standard InChI is InChI=1S/C13H19BrFNO2/c1-8(2)18-7-10(17)6-16-13-5-11(14)12(15)4-9(13)3/h4-5,8,10,16-17H,6-7H2,1-3H3. The number of aliphatic hydroxyl groups excluding tert-OH is 1. The number of rotatable bonds is 6. The molecule has 5 heteroatoms. The number of anilines is 1. The third-order valence-electron chi connectivity index (χ3n) is 2.42. The van der Waals surface area contributed by atoms with Crippen molar-refractivity contribution >= 4 is 21.6 Å². The van der Waals surface area contributed by atoms with Crippen molar-refractivity contribution in [2.45, 2.75) is 33.0 Å². The van der Waals surface area contributed by atoms with E-state index in [1.165, 1.54) is 6.07 Å². The summed E-state index contributed by atoms with van der Waals surface area (Å²) in [4.78, 5) is 0. The summed E-state index contributed by atoms with van der Waals surface area (Å²) >= 11 is 3.13. The van der Waals surface area contributed by atoms with Crippen LogP contribution in [0.4, 0.5) is 10.1 Å². The van der Waals surface area contributed by atoms with Crippen molar-refractivity contribution in [1.82, 2.24) is 0 Å². The van der Waals surface area contributed by atoms with Crippen LogP contribution >= 0.6 is 15.9 Å². The molecule has 0 radical (unpaired) electrons. The van der Waals surface area contributed by atoms with E-state index in [1.54, 1.807) is 6.07 Å². The SMILES string of the molecule is Cc1cc(F)c(Br)cc1NCC(O)COC(C)C. The Hall–Kier alpha value is -0.650. The van der Waals surface area contributed by atoms with Gasteiger partial charge in [0, 0.05) is 12.2 Å². The molecule has 0 fully saturated rings. The van der Waals surface area contributed by atoms with Crippen LogP contribution in [0.1, 0.15) is 19.4 Å². The van der Waals surface area contributed by atoms with Crippen molar-refractivity contribution in [1.29, 1.82) is 0 Å². The lowest BCUT2D eigenvalue weighted by molar-refractivity contribution is 0.0112. The Balaban J connectivity index is 2.50. The Labute approximate surface area is 115 Å². The molecule has 1 aromatic carbocycles. The fourth-order valence-electron chi connectivity index (χ4n) is 1.43. The quantitative estimate of drug-likeness (QED) is 0.846. The van der Waals surface area contributed by atoms with Crippen molar-refractivity contribution in [2.75, 3.05) is 18.5 Å². The largest absolute Gasteiger partial charge is 0.389 e. The Bertz CT molecular complexity index is 399. The molecular formula is C13H19BrFNO2. The first-order valence-electron chi connectivity index (χ1n) is 5.89. The average Bonchev–Trinajstić information content (AvgIpc) is 2.29. The number of aryl methyl sites for hydroxylation is 1. The topological polar surface area (TPSA) is 41.5 Å². The summed E-state index contributed by atoms with van der Waals surface area (Å²) in [6.07, 6.45) is -0.489. The van der Waals surface area contributed by atoms with E-state index in [4.69, 9.17) is 4.74 Å². The molecule has 0 amide bonds. The van der Waals surface area contributed by atoms with Crippen LogP contribution in [-0.4, -0.2) is 30.5 Å². The van der Waals surface area contributed by atoms with Crippen molar-refractivity contribution in [3.63, 3.8) is 0 Å². The first-order valence-corrected chi connectivity index (χ1v) is 6.68. The smallest absolute Gasteiger partial charge is 0.137 e. The van der Waals surface area contributed by atoms with E-state index in [0.29, 0.717) is 11.0 Å². The highest BCUT2D eigenvalue weighted by molar-refractivity contribution is 9.10. The Morgan fingerprint density at radius 3 is 2.72 bits per heavy atom. The van der Waals surface area contributed by atoms with Crippen LogP contribution < -0.4 is 5.32 Å². The number of nitrogens with one attached hydrogen (secondary N) is 1. The molecule has 0 aliphatic heterocycles. The van der Waals surface area contributed by atoms with Gasteiger partial charge in [0.25, 0.3) is 0 Å². The molecule has 0 heterocycles. The van der Waals surface area contributed by atoms with Crippen LogP contribution in [0.5, 0.6) is 0 Å². The molecule has 1 rings (SSSR count). The predicted molar refractivity (Wildman–Crippen MR) is 74.4 cm³/mol. The Morgan fingerprint density at radius 1 is 1.44 bits per heavy atom. The first-order chi connectivity index (χ1) is 8.40. The summed E-state index contributed by atoms with van der Waals surface area (Å²) in [5, 5.41) is 12.8. The Kier molecular flexibility index (Phi) is 6.05. The van der Waals surface area contributed by atoms with Crippen molar-refractivity contribution < 1.29 is 14.2 Å². The molecule has 0 saturated carbocycles. The van der Waals surface area contributed by atoms with E-state index in [0.717, 1.165) is 11.3 Å². The maximum atomic E-state index is 13.2. The minimum Gasteiger partial charge on any atom is -0.389 e. The maximum absolute atomic E-state index is 13.2. The third-order valence-corrected chi connectivity index (χ3v) is 3.03. The van der Waals surface area contributed by atoms with Gasteiger partial charge in [-0.15, -0.1) is 0 Å². The van der Waals surface area contributed by atoms with Crippen LogP contribution in [0.15, 0.2) is 16.6 Å². The zero-order chi connectivity index (χ0) is 13.7. The number of aliphatic hydroxyl groups is 1. The molecular weight excluding hydrogens is 301 g/mol. The van der Waals surface area contributed by atoms with Crippen LogP contribution in [0, 0.1) is 12.7 Å². The maximum Gasteiger partial charge on any atom is 0.137 e. The minimum atomic E-state index is -0.587. The molecule has 18 heavy (non-hydrogen) atoms. The number of halogens is 2. The van der Waals surface area contributed by atoms with Gasteiger partial charge in [-0.2, -0.15) is 0 Å². The second kappa shape index (κ2) is 7.07. The van der Waals surface area contributed by atoms with Crippen LogP contribution in [0.2, 0.25) is 0 Å². The highest BCUT2D eigenvalue weighted by atomic mass is 79.9. The zero-order valence-corrected chi connectivity index (χ0v) is 12.4. The number of hydrogen-bond donors (Lipinski definition) is 2. The highest BCUT2D eigenvalue weighted by Gasteiger charge is 2.08. The van der Waals surface area contributed by atoms with E-state index in [2.05, 4.69) is 21.2 Å². The average molecular weight is 320 g/mol. The second-order valence-electron chi connectivity index (χ2n) is 4.50. The van der Waals surface area contributed by atoms with E-state index < -0.39 is 6.10 Å². The van der Waals surface area contributed by atoms with Crippen molar-refractivity contribution in [2.24, 2.45) is 0 Å². The van der Waals surface area contributed by atoms with E-state index in [-0.39, 0.29) is 18.5 Å². The lowest BCUT2D eigenvalue weighted by Crippen LogP contribution is -2.26. The number of hydrogen-bond acceptors (Lipinski definition) is 3. The fraction of sp³-hybridized carbons (Fsp3) is 0.538. The first kappa shape index (κ1) is 15.4. The molecule has 1 atom stereocenters. The molecule has 0 spiro atoms. The monoisotopic (exact) mass is 319 g/mol. The van der Waals surface area contributed by atoms with E-state index >= 15 is 0 Å². The molecule has 0 aliphatic carbocycles. The second-order valence-corrected chi connectivity index (χ2v) is 5.35. The highest BCUT2D eigenvalue weighted by Crippen LogP contribution is 2.24. The van der Waals surface area contributed by atoms with Crippen molar-refractivity contribution in [3.8, 4) is 0 Å². The molecule has 0 aromatic heterocycles. The molecule has 1 unspecified atom stereocenters. The summed E-state index contributed by atoms with van der Waals surface area (Å²) in [6, 6.07) is 3.12. The summed E-state index contributed by atoms with van der Waals surface area (Å²) in [5.41, 5.74) is 1.60. The molecule has 1 aromatic rings. The van der Waals surface area contributed by atoms with Gasteiger partial charge in [0.2, 0.25) is 0 Å². The number of benzene rings is 1. The molecule has 2 N–H and O–H groups in total. The summed E-state index contributed by atoms with van der Waals surface area (Å²) in [6.45, 7) is 6.30. The van der Waals surface area contributed by atoms with Crippen LogP contribution in [-0.2, 0) is 4.74 Å². The van der Waals surface area contributed by atoms with Crippen LogP contribution in [0.25, 0.3) is 0 Å². The normalized spacial score (nSPS) is 12.8. The number of ether oxygens (including phenoxy) is 1. The molecule has 0 bridgehead atoms. The van der Waals surface area contributed by atoms with Gasteiger partial charge in [0.1, 0.15) is 5.82 Å². The Morgan fingerprint density at radius 2 is 2.11 bits per heavy atom. The minimum absolute atomic E-state index is 0.0985. The van der Waals surface area contributed by atoms with Gasteiger partial charge >= 0.3 is 0 Å². The summed E-state index contributed by atoms with van der Waals surface area (Å²) in [7, 11) is 0. The summed E-state index contributed by atoms with van der Waals surface area (Å²) < 4.78 is 18.9. The summed E-state index contributed by atoms with van der Waals surface area (Å²) in [5.74, 6) is -0.290. The van der Waals surface area contributed by atoms with Gasteiger partial charge in [0.15, 0.2) is 0 Å². The van der Waals surface area contributed by atoms with Crippen LogP contribution in [0.3, 0.4) is 0 Å². The van der Waals surface area contributed by atoms with Gasteiger partial charge in [-0.3, -0.25) is 0 Å². The van der Waals surface area contributed by atoms with Gasteiger partial charge in [0.05, 0.1) is 23.3 Å². The molecule has 3 nitrogen and oxygen atoms in total. The predicted octanol–water partition coefficient (Wildman–Crippen LogP) is 3.09. The lowest BCUT2D eigenvalue weighted by atomic mass is 10.2. The van der Waals surface area contributed by atoms with Crippen molar-refractivity contribution in [3.05, 3.63) is 28.0 Å². The molecule has 102 valence electrons. The zero-order valence-electron chi connectivity index (χ0n) is 10.8. The van der Waals surface area contributed by atoms with Gasteiger partial charge in [-0.05, 0) is 54.4 Å². The van der Waals surface area contributed by atoms with E-state index in [1.807, 2.05) is 20.8 Å². The van der Waals surface area contributed by atoms with Gasteiger partial charge in [-0.25, -0.2) is 4.39 Å². The fourth-order valence-corrected chi connectivity index (χ4v) is 1.77. The molecule has 0 aliphatic rings.